The molecule has 0 saturated heterocycles. The molecule has 0 fully saturated rings. The van der Waals surface area contributed by atoms with Crippen LogP contribution in [0.15, 0.2) is 17.2 Å². The minimum absolute atomic E-state index is 0.232. The molecule has 1 atom stereocenters. The summed E-state index contributed by atoms with van der Waals surface area (Å²) in [4.78, 5) is 0. The van der Waals surface area contributed by atoms with Gasteiger partial charge in [-0.2, -0.15) is 15.6 Å². The topological polar surface area (TPSA) is 84.1 Å². The van der Waals surface area contributed by atoms with Gasteiger partial charge in [0, 0.05) is 11.4 Å². The molecule has 8 nitrogen and oxygen atoms in total. The first-order valence-electron chi connectivity index (χ1n) is 6.46. The minimum atomic E-state index is -0.232. The van der Waals surface area contributed by atoms with E-state index in [1.54, 1.807) is 4.68 Å². The van der Waals surface area contributed by atoms with Crippen LogP contribution < -0.4 is 16.3 Å². The fraction of sp³-hybridized carbons (Fsp3) is 0.417. The highest BCUT2D eigenvalue weighted by Crippen LogP contribution is 2.08. The van der Waals surface area contributed by atoms with Gasteiger partial charge in [-0.15, -0.1) is 5.10 Å². The van der Waals surface area contributed by atoms with Crippen molar-refractivity contribution in [1.82, 2.24) is 35.8 Å². The zero-order valence-corrected chi connectivity index (χ0v) is 12.0. The van der Waals surface area contributed by atoms with Crippen LogP contribution in [0.3, 0.4) is 0 Å². The number of aromatic nitrogens is 4. The van der Waals surface area contributed by atoms with E-state index in [1.165, 1.54) is 0 Å². The summed E-state index contributed by atoms with van der Waals surface area (Å²) in [7, 11) is 0. The Kier molecular flexibility index (Phi) is 2.94. The van der Waals surface area contributed by atoms with Crippen LogP contribution in [0, 0.1) is 27.7 Å². The largest absolute Gasteiger partial charge is 0.285 e. The second kappa shape index (κ2) is 4.64. The average molecular weight is 274 g/mol. The lowest BCUT2D eigenvalue weighted by Gasteiger charge is -2.26. The molecule has 0 aliphatic carbocycles. The van der Waals surface area contributed by atoms with Crippen molar-refractivity contribution in [2.45, 2.75) is 34.0 Å². The van der Waals surface area contributed by atoms with Gasteiger partial charge in [0.15, 0.2) is 0 Å². The quantitative estimate of drug-likeness (QED) is 0.696. The van der Waals surface area contributed by atoms with Gasteiger partial charge < -0.3 is 0 Å². The van der Waals surface area contributed by atoms with Crippen LogP contribution in [0.2, 0.25) is 0 Å². The molecule has 2 aromatic heterocycles. The molecule has 0 radical (unpaired) electrons. The third-order valence-corrected chi connectivity index (χ3v) is 3.11. The summed E-state index contributed by atoms with van der Waals surface area (Å²) < 4.78 is 3.58. The van der Waals surface area contributed by atoms with Crippen molar-refractivity contribution in [1.29, 1.82) is 0 Å². The monoisotopic (exact) mass is 274 g/mol. The summed E-state index contributed by atoms with van der Waals surface area (Å²) in [6.45, 7) is 7.90. The summed E-state index contributed by atoms with van der Waals surface area (Å²) in [6, 6.07) is 4.01. The molecule has 3 N–H and O–H groups in total. The van der Waals surface area contributed by atoms with E-state index in [0.717, 1.165) is 22.8 Å². The second-order valence-corrected chi connectivity index (χ2v) is 4.95. The van der Waals surface area contributed by atoms with Crippen LogP contribution in [0.1, 0.15) is 29.1 Å². The summed E-state index contributed by atoms with van der Waals surface area (Å²) in [5.41, 5.74) is 13.2. The molecular formula is C12H18N8. The van der Waals surface area contributed by atoms with Crippen molar-refractivity contribution in [2.24, 2.45) is 5.10 Å². The van der Waals surface area contributed by atoms with E-state index in [1.807, 2.05) is 44.5 Å². The van der Waals surface area contributed by atoms with Crippen LogP contribution in [0.4, 0.5) is 0 Å². The maximum Gasteiger partial charge on any atom is 0.255 e. The molecule has 0 aromatic carbocycles. The Morgan fingerprint density at radius 2 is 1.70 bits per heavy atom. The lowest BCUT2D eigenvalue weighted by atomic mass is 10.4. The van der Waals surface area contributed by atoms with E-state index < -0.39 is 0 Å². The second-order valence-electron chi connectivity index (χ2n) is 4.95. The minimum Gasteiger partial charge on any atom is -0.285 e. The van der Waals surface area contributed by atoms with Crippen LogP contribution in [-0.4, -0.2) is 25.5 Å². The summed E-state index contributed by atoms with van der Waals surface area (Å²) in [5.74, 6) is 0.605. The number of aryl methyl sites for hydroxylation is 4. The average Bonchev–Trinajstić information content (AvgIpc) is 2.92. The Bertz CT molecular complexity index is 665. The number of hydrazine groups is 1. The van der Waals surface area contributed by atoms with E-state index in [2.05, 4.69) is 31.6 Å². The SMILES string of the molecule is Cc1cc(C)n(C2=NNC(n3nc(C)cc3C)NN2)n1. The van der Waals surface area contributed by atoms with Crippen LogP contribution in [0.25, 0.3) is 0 Å². The third kappa shape index (κ3) is 2.14. The zero-order chi connectivity index (χ0) is 14.3. The molecule has 2 aromatic rings. The van der Waals surface area contributed by atoms with Gasteiger partial charge in [-0.25, -0.2) is 9.36 Å². The van der Waals surface area contributed by atoms with Crippen molar-refractivity contribution in [2.75, 3.05) is 0 Å². The van der Waals surface area contributed by atoms with E-state index in [9.17, 15) is 0 Å². The number of nitrogens with zero attached hydrogens (tertiary/aromatic N) is 5. The Morgan fingerprint density at radius 1 is 1.00 bits per heavy atom. The van der Waals surface area contributed by atoms with E-state index in [-0.39, 0.29) is 6.29 Å². The highest BCUT2D eigenvalue weighted by molar-refractivity contribution is 5.81. The smallest absolute Gasteiger partial charge is 0.255 e. The normalized spacial score (nSPS) is 18.4. The molecule has 0 saturated carbocycles. The summed E-state index contributed by atoms with van der Waals surface area (Å²) >= 11 is 0. The van der Waals surface area contributed by atoms with Crippen molar-refractivity contribution in [3.8, 4) is 0 Å². The van der Waals surface area contributed by atoms with E-state index >= 15 is 0 Å². The van der Waals surface area contributed by atoms with Crippen LogP contribution in [0.5, 0.6) is 0 Å². The molecule has 0 spiro atoms. The molecule has 1 unspecified atom stereocenters. The molecular weight excluding hydrogens is 256 g/mol. The van der Waals surface area contributed by atoms with Gasteiger partial charge in [0.1, 0.15) is 0 Å². The van der Waals surface area contributed by atoms with Gasteiger partial charge in [-0.1, -0.05) is 0 Å². The number of rotatable bonds is 1. The van der Waals surface area contributed by atoms with Gasteiger partial charge in [0.2, 0.25) is 6.29 Å². The first-order chi connectivity index (χ1) is 9.54. The Balaban J connectivity index is 1.81. The first kappa shape index (κ1) is 12.7. The van der Waals surface area contributed by atoms with Gasteiger partial charge in [-0.3, -0.25) is 10.9 Å². The van der Waals surface area contributed by atoms with Crippen molar-refractivity contribution < 1.29 is 0 Å². The maximum absolute atomic E-state index is 4.41. The highest BCUT2D eigenvalue weighted by Gasteiger charge is 2.19. The van der Waals surface area contributed by atoms with Gasteiger partial charge in [0.25, 0.3) is 5.96 Å². The predicted molar refractivity (Wildman–Crippen MR) is 74.7 cm³/mol. The van der Waals surface area contributed by atoms with Crippen molar-refractivity contribution >= 4 is 5.96 Å². The first-order valence-corrected chi connectivity index (χ1v) is 6.46. The molecule has 0 amide bonds. The Labute approximate surface area is 116 Å². The lowest BCUT2D eigenvalue weighted by molar-refractivity contribution is 0.269. The number of hydrogen-bond donors (Lipinski definition) is 3. The summed E-state index contributed by atoms with van der Waals surface area (Å²) in [6.07, 6.45) is -0.232. The molecule has 1 aliphatic rings. The highest BCUT2D eigenvalue weighted by atomic mass is 15.7. The summed E-state index contributed by atoms with van der Waals surface area (Å²) in [5, 5.41) is 13.1. The fourth-order valence-corrected chi connectivity index (χ4v) is 2.28. The zero-order valence-electron chi connectivity index (χ0n) is 12.0. The molecule has 1 aliphatic heterocycles. The molecule has 0 bridgehead atoms. The number of hydrazone groups is 1. The lowest BCUT2D eigenvalue weighted by Crippen LogP contribution is -2.54. The Morgan fingerprint density at radius 3 is 2.20 bits per heavy atom. The van der Waals surface area contributed by atoms with Gasteiger partial charge in [0.05, 0.1) is 11.4 Å². The number of nitrogens with one attached hydrogen (secondary N) is 3. The van der Waals surface area contributed by atoms with Crippen LogP contribution in [-0.2, 0) is 0 Å². The molecule has 20 heavy (non-hydrogen) atoms. The fourth-order valence-electron chi connectivity index (χ4n) is 2.28. The van der Waals surface area contributed by atoms with Crippen LogP contribution >= 0.6 is 0 Å². The van der Waals surface area contributed by atoms with E-state index in [4.69, 9.17) is 0 Å². The Hall–Kier alpha value is -2.35. The predicted octanol–water partition coefficient (Wildman–Crippen LogP) is 0.286. The molecule has 3 rings (SSSR count). The van der Waals surface area contributed by atoms with Crippen molar-refractivity contribution in [3.05, 3.63) is 34.9 Å². The molecule has 8 heteroatoms. The number of hydrogen-bond acceptors (Lipinski definition) is 6. The van der Waals surface area contributed by atoms with Gasteiger partial charge >= 0.3 is 0 Å². The van der Waals surface area contributed by atoms with Crippen molar-refractivity contribution in [3.63, 3.8) is 0 Å². The molecule has 106 valence electrons. The van der Waals surface area contributed by atoms with E-state index in [0.29, 0.717) is 5.96 Å². The van der Waals surface area contributed by atoms with Gasteiger partial charge in [-0.05, 0) is 39.8 Å². The standard InChI is InChI=1S/C12H18N8/c1-7-5-9(3)19(17-7)11-13-15-12(16-14-11)20-10(4)6-8(2)18-20/h5-6,11,13-14H,1-4H3,(H,15,16). The molecule has 3 heterocycles. The maximum atomic E-state index is 4.41. The third-order valence-electron chi connectivity index (χ3n) is 3.11.